The molecule has 0 spiro atoms. The van der Waals surface area contributed by atoms with E-state index in [1.807, 2.05) is 56.3 Å². The number of ketones is 1. The molecule has 0 saturated carbocycles. The highest BCUT2D eigenvalue weighted by Crippen LogP contribution is 2.21. The lowest BCUT2D eigenvalue weighted by Gasteiger charge is -2.09. The molecule has 1 heteroatoms. The van der Waals surface area contributed by atoms with E-state index < -0.39 is 0 Å². The number of Topliss-reactive ketones (excluding diaryl/α,β-unsaturated/α-hetero) is 1. The second-order valence-electron chi connectivity index (χ2n) is 5.56. The molecule has 3 aromatic rings. The van der Waals surface area contributed by atoms with Gasteiger partial charge in [0.25, 0.3) is 0 Å². The number of hydrogen-bond acceptors (Lipinski definition) is 1. The molecule has 1 nitrogen and oxygen atoms in total. The van der Waals surface area contributed by atoms with E-state index in [4.69, 9.17) is 0 Å². The van der Waals surface area contributed by atoms with E-state index in [1.165, 1.54) is 10.8 Å². The Bertz CT molecular complexity index is 810. The third-order valence-electron chi connectivity index (χ3n) is 3.92. The zero-order valence-corrected chi connectivity index (χ0v) is 12.4. The van der Waals surface area contributed by atoms with Crippen molar-refractivity contribution in [3.63, 3.8) is 0 Å². The summed E-state index contributed by atoms with van der Waals surface area (Å²) in [4.78, 5) is 12.6. The van der Waals surface area contributed by atoms with Crippen LogP contribution in [0.3, 0.4) is 0 Å². The molecule has 3 aromatic carbocycles. The highest BCUT2D eigenvalue weighted by atomic mass is 16.1. The Kier molecular flexibility index (Phi) is 3.57. The predicted molar refractivity (Wildman–Crippen MR) is 87.9 cm³/mol. The second kappa shape index (κ2) is 5.53. The summed E-state index contributed by atoms with van der Waals surface area (Å²) in [5.74, 6) is 0.188. The fourth-order valence-electron chi connectivity index (χ4n) is 2.75. The van der Waals surface area contributed by atoms with Crippen LogP contribution in [0.25, 0.3) is 10.8 Å². The van der Waals surface area contributed by atoms with Gasteiger partial charge in [-0.3, -0.25) is 4.79 Å². The van der Waals surface area contributed by atoms with Crippen LogP contribution >= 0.6 is 0 Å². The van der Waals surface area contributed by atoms with Crippen molar-refractivity contribution in [2.45, 2.75) is 20.3 Å². The number of hydrogen-bond donors (Lipinski definition) is 0. The number of carbonyl (C=O) groups excluding carboxylic acids is 1. The number of benzene rings is 3. The molecule has 0 amide bonds. The molecule has 0 N–H and O–H groups in total. The van der Waals surface area contributed by atoms with Crippen LogP contribution in [-0.2, 0) is 6.42 Å². The van der Waals surface area contributed by atoms with Crippen LogP contribution in [0.5, 0.6) is 0 Å². The van der Waals surface area contributed by atoms with Gasteiger partial charge in [-0.15, -0.1) is 0 Å². The van der Waals surface area contributed by atoms with Crippen molar-refractivity contribution in [2.75, 3.05) is 0 Å². The lowest BCUT2D eigenvalue weighted by Crippen LogP contribution is -2.06. The summed E-state index contributed by atoms with van der Waals surface area (Å²) < 4.78 is 0. The quantitative estimate of drug-likeness (QED) is 0.622. The molecule has 0 radical (unpaired) electrons. The summed E-state index contributed by atoms with van der Waals surface area (Å²) in [5.41, 5.74) is 4.11. The molecule has 0 atom stereocenters. The van der Waals surface area contributed by atoms with Crippen molar-refractivity contribution in [3.8, 4) is 0 Å². The Hall–Kier alpha value is -2.41. The molecule has 0 aliphatic heterocycles. The molecular weight excluding hydrogens is 256 g/mol. The van der Waals surface area contributed by atoms with E-state index in [-0.39, 0.29) is 5.78 Å². The van der Waals surface area contributed by atoms with E-state index in [0.29, 0.717) is 6.42 Å². The van der Waals surface area contributed by atoms with Gasteiger partial charge >= 0.3 is 0 Å². The first-order valence-corrected chi connectivity index (χ1v) is 7.22. The van der Waals surface area contributed by atoms with E-state index >= 15 is 0 Å². The summed E-state index contributed by atoms with van der Waals surface area (Å²) in [6.45, 7) is 4.02. The highest BCUT2D eigenvalue weighted by molar-refractivity contribution is 6.01. The maximum atomic E-state index is 12.6. The summed E-state index contributed by atoms with van der Waals surface area (Å²) in [5, 5.41) is 2.35. The number of fused-ring (bicyclic) bond motifs is 1. The molecular formula is C20H18O. The maximum Gasteiger partial charge on any atom is 0.167 e. The zero-order valence-electron chi connectivity index (χ0n) is 12.4. The number of aryl methyl sites for hydroxylation is 2. The zero-order chi connectivity index (χ0) is 14.8. The molecule has 21 heavy (non-hydrogen) atoms. The number of carbonyl (C=O) groups is 1. The first-order valence-electron chi connectivity index (χ1n) is 7.22. The molecule has 0 unspecified atom stereocenters. The normalized spacial score (nSPS) is 10.8. The smallest absolute Gasteiger partial charge is 0.167 e. The van der Waals surface area contributed by atoms with Gasteiger partial charge in [-0.1, -0.05) is 60.2 Å². The highest BCUT2D eigenvalue weighted by Gasteiger charge is 2.11. The van der Waals surface area contributed by atoms with E-state index in [1.54, 1.807) is 0 Å². The lowest BCUT2D eigenvalue weighted by molar-refractivity contribution is 0.0992. The Balaban J connectivity index is 1.99. The van der Waals surface area contributed by atoms with Gasteiger partial charge in [0.1, 0.15) is 0 Å². The van der Waals surface area contributed by atoms with Crippen LogP contribution in [-0.4, -0.2) is 5.78 Å². The van der Waals surface area contributed by atoms with Crippen molar-refractivity contribution >= 4 is 16.6 Å². The fraction of sp³-hybridized carbons (Fsp3) is 0.150. The van der Waals surface area contributed by atoms with Crippen molar-refractivity contribution in [1.29, 1.82) is 0 Å². The van der Waals surface area contributed by atoms with Gasteiger partial charge in [0, 0.05) is 12.0 Å². The van der Waals surface area contributed by atoms with Gasteiger partial charge < -0.3 is 0 Å². The third-order valence-corrected chi connectivity index (χ3v) is 3.92. The first kappa shape index (κ1) is 13.6. The Morgan fingerprint density at radius 1 is 0.905 bits per heavy atom. The van der Waals surface area contributed by atoms with Gasteiger partial charge in [-0.2, -0.15) is 0 Å². The van der Waals surface area contributed by atoms with Crippen LogP contribution in [0.4, 0.5) is 0 Å². The largest absolute Gasteiger partial charge is 0.294 e. The van der Waals surface area contributed by atoms with Crippen LogP contribution in [0, 0.1) is 13.8 Å². The summed E-state index contributed by atoms with van der Waals surface area (Å²) in [7, 11) is 0. The topological polar surface area (TPSA) is 17.1 Å². The first-order chi connectivity index (χ1) is 10.1. The standard InChI is InChI=1S/C20H18O/c1-14-10-11-15(2)19(12-14)20(21)13-17-8-5-7-16-6-3-4-9-18(16)17/h3-12H,13H2,1-2H3. The Morgan fingerprint density at radius 2 is 1.67 bits per heavy atom. The van der Waals surface area contributed by atoms with E-state index in [0.717, 1.165) is 22.3 Å². The SMILES string of the molecule is Cc1ccc(C)c(C(=O)Cc2cccc3ccccc23)c1. The van der Waals surface area contributed by atoms with Gasteiger partial charge in [-0.05, 0) is 41.8 Å². The van der Waals surface area contributed by atoms with Crippen LogP contribution in [0.1, 0.15) is 27.0 Å². The average Bonchev–Trinajstić information content (AvgIpc) is 2.50. The fourth-order valence-corrected chi connectivity index (χ4v) is 2.75. The van der Waals surface area contributed by atoms with E-state index in [9.17, 15) is 4.79 Å². The summed E-state index contributed by atoms with van der Waals surface area (Å²) >= 11 is 0. The predicted octanol–water partition coefficient (Wildman–Crippen LogP) is 4.88. The lowest BCUT2D eigenvalue weighted by atomic mass is 9.95. The molecule has 0 heterocycles. The minimum absolute atomic E-state index is 0.188. The van der Waals surface area contributed by atoms with Crippen molar-refractivity contribution < 1.29 is 4.79 Å². The monoisotopic (exact) mass is 274 g/mol. The van der Waals surface area contributed by atoms with Gasteiger partial charge in [0.2, 0.25) is 0 Å². The van der Waals surface area contributed by atoms with Crippen molar-refractivity contribution in [3.05, 3.63) is 82.9 Å². The third kappa shape index (κ3) is 2.73. The molecule has 0 fully saturated rings. The Labute approximate surface area is 125 Å². The van der Waals surface area contributed by atoms with Gasteiger partial charge in [-0.25, -0.2) is 0 Å². The average molecular weight is 274 g/mol. The molecule has 0 saturated heterocycles. The van der Waals surface area contributed by atoms with Gasteiger partial charge in [0.05, 0.1) is 0 Å². The van der Waals surface area contributed by atoms with E-state index in [2.05, 4.69) is 18.2 Å². The molecule has 0 aliphatic rings. The van der Waals surface area contributed by atoms with Crippen molar-refractivity contribution in [1.82, 2.24) is 0 Å². The van der Waals surface area contributed by atoms with Crippen LogP contribution in [0.2, 0.25) is 0 Å². The molecule has 0 aliphatic carbocycles. The summed E-state index contributed by atoms with van der Waals surface area (Å²) in [6.07, 6.45) is 0.450. The minimum Gasteiger partial charge on any atom is -0.294 e. The molecule has 0 bridgehead atoms. The van der Waals surface area contributed by atoms with Crippen molar-refractivity contribution in [2.24, 2.45) is 0 Å². The summed E-state index contributed by atoms with van der Waals surface area (Å²) in [6, 6.07) is 20.4. The molecule has 104 valence electrons. The maximum absolute atomic E-state index is 12.6. The molecule has 3 rings (SSSR count). The number of rotatable bonds is 3. The van der Waals surface area contributed by atoms with Crippen LogP contribution in [0.15, 0.2) is 60.7 Å². The minimum atomic E-state index is 0.188. The van der Waals surface area contributed by atoms with Crippen LogP contribution < -0.4 is 0 Å². The Morgan fingerprint density at radius 3 is 2.52 bits per heavy atom. The van der Waals surface area contributed by atoms with Gasteiger partial charge in [0.15, 0.2) is 5.78 Å². The second-order valence-corrected chi connectivity index (χ2v) is 5.56. The molecule has 0 aromatic heterocycles.